The summed E-state index contributed by atoms with van der Waals surface area (Å²) in [6.45, 7) is 0. The van der Waals surface area contributed by atoms with Gasteiger partial charge in [0.1, 0.15) is 11.5 Å². The van der Waals surface area contributed by atoms with E-state index in [2.05, 4.69) is 5.92 Å². The molecule has 0 unspecified atom stereocenters. The summed E-state index contributed by atoms with van der Waals surface area (Å²) in [5.41, 5.74) is -0.174. The molecule has 0 aromatic heterocycles. The molecule has 2 rings (SSSR count). The maximum absolute atomic E-state index is 12.8. The molecule has 0 saturated heterocycles. The molecule has 0 heterocycles. The molecule has 0 amide bonds. The second-order valence-electron chi connectivity index (χ2n) is 3.76. The van der Waals surface area contributed by atoms with Crippen LogP contribution in [0.15, 0.2) is 48.5 Å². The first-order valence-corrected chi connectivity index (χ1v) is 5.41. The SMILES string of the molecule is C#Cc1ccc(Oc2ccccc2C(F)(F)F)cc1. The molecule has 0 aliphatic heterocycles. The van der Waals surface area contributed by atoms with Crippen molar-refractivity contribution >= 4 is 0 Å². The van der Waals surface area contributed by atoms with Gasteiger partial charge in [-0.25, -0.2) is 0 Å². The Morgan fingerprint density at radius 3 is 2.16 bits per heavy atom. The van der Waals surface area contributed by atoms with Gasteiger partial charge in [0.25, 0.3) is 0 Å². The van der Waals surface area contributed by atoms with Crippen LogP contribution in [0.2, 0.25) is 0 Å². The van der Waals surface area contributed by atoms with Gasteiger partial charge in [-0.15, -0.1) is 6.42 Å². The van der Waals surface area contributed by atoms with E-state index in [0.717, 1.165) is 6.07 Å². The third-order valence-corrected chi connectivity index (χ3v) is 2.44. The van der Waals surface area contributed by atoms with Gasteiger partial charge in [-0.05, 0) is 36.4 Å². The second-order valence-corrected chi connectivity index (χ2v) is 3.76. The van der Waals surface area contributed by atoms with E-state index in [-0.39, 0.29) is 5.75 Å². The van der Waals surface area contributed by atoms with Crippen molar-refractivity contribution in [2.75, 3.05) is 0 Å². The van der Waals surface area contributed by atoms with Crippen LogP contribution in [0.4, 0.5) is 13.2 Å². The molecule has 4 heteroatoms. The molecule has 1 nitrogen and oxygen atoms in total. The normalized spacial score (nSPS) is 10.8. The minimum Gasteiger partial charge on any atom is -0.457 e. The zero-order valence-electron chi connectivity index (χ0n) is 9.74. The van der Waals surface area contributed by atoms with E-state index in [9.17, 15) is 13.2 Å². The number of hydrogen-bond donors (Lipinski definition) is 0. The van der Waals surface area contributed by atoms with E-state index in [1.807, 2.05) is 0 Å². The Morgan fingerprint density at radius 2 is 1.58 bits per heavy atom. The van der Waals surface area contributed by atoms with Crippen LogP contribution in [0.5, 0.6) is 11.5 Å². The molecular formula is C15H9F3O. The maximum atomic E-state index is 12.8. The third-order valence-electron chi connectivity index (χ3n) is 2.44. The van der Waals surface area contributed by atoms with E-state index in [0.29, 0.717) is 11.3 Å². The van der Waals surface area contributed by atoms with Crippen molar-refractivity contribution in [3.63, 3.8) is 0 Å². The monoisotopic (exact) mass is 262 g/mol. The summed E-state index contributed by atoms with van der Waals surface area (Å²) in [6.07, 6.45) is 0.745. The van der Waals surface area contributed by atoms with Crippen molar-refractivity contribution in [2.24, 2.45) is 0 Å². The van der Waals surface area contributed by atoms with Crippen molar-refractivity contribution in [1.82, 2.24) is 0 Å². The zero-order valence-corrected chi connectivity index (χ0v) is 9.74. The molecule has 0 aliphatic rings. The van der Waals surface area contributed by atoms with Crippen molar-refractivity contribution in [2.45, 2.75) is 6.18 Å². The van der Waals surface area contributed by atoms with Gasteiger partial charge in [0.15, 0.2) is 0 Å². The topological polar surface area (TPSA) is 9.23 Å². The van der Waals surface area contributed by atoms with Gasteiger partial charge in [0.2, 0.25) is 0 Å². The van der Waals surface area contributed by atoms with Crippen LogP contribution in [0.1, 0.15) is 11.1 Å². The number of alkyl halides is 3. The predicted molar refractivity (Wildman–Crippen MR) is 65.9 cm³/mol. The molecule has 0 saturated carbocycles. The Kier molecular flexibility index (Phi) is 3.48. The molecule has 19 heavy (non-hydrogen) atoms. The summed E-state index contributed by atoms with van der Waals surface area (Å²) in [5, 5.41) is 0. The van der Waals surface area contributed by atoms with Crippen LogP contribution in [0.3, 0.4) is 0 Å². The lowest BCUT2D eigenvalue weighted by atomic mass is 10.2. The van der Waals surface area contributed by atoms with E-state index in [1.54, 1.807) is 12.1 Å². The van der Waals surface area contributed by atoms with E-state index in [4.69, 9.17) is 11.2 Å². The van der Waals surface area contributed by atoms with E-state index < -0.39 is 11.7 Å². The Bertz CT molecular complexity index is 607. The zero-order chi connectivity index (χ0) is 13.9. The summed E-state index contributed by atoms with van der Waals surface area (Å²) in [6, 6.07) is 11.3. The number of hydrogen-bond acceptors (Lipinski definition) is 1. The van der Waals surface area contributed by atoms with Crippen molar-refractivity contribution < 1.29 is 17.9 Å². The standard InChI is InChI=1S/C15H9F3O/c1-2-11-7-9-12(10-8-11)19-14-6-4-3-5-13(14)15(16,17)18/h1,3-10H. The Labute approximate surface area is 108 Å². The fraction of sp³-hybridized carbons (Fsp3) is 0.0667. The molecule has 0 spiro atoms. The third kappa shape index (κ3) is 3.08. The molecule has 0 bridgehead atoms. The molecule has 0 N–H and O–H groups in total. The minimum atomic E-state index is -4.45. The molecule has 0 atom stereocenters. The van der Waals surface area contributed by atoms with Crippen LogP contribution in [0.25, 0.3) is 0 Å². The molecule has 0 fully saturated rings. The minimum absolute atomic E-state index is 0.233. The molecular weight excluding hydrogens is 253 g/mol. The van der Waals surface area contributed by atoms with E-state index in [1.165, 1.54) is 30.3 Å². The highest BCUT2D eigenvalue weighted by Crippen LogP contribution is 2.37. The van der Waals surface area contributed by atoms with Crippen LogP contribution in [-0.4, -0.2) is 0 Å². The summed E-state index contributed by atoms with van der Waals surface area (Å²) >= 11 is 0. The lowest BCUT2D eigenvalue weighted by Gasteiger charge is -2.13. The lowest BCUT2D eigenvalue weighted by Crippen LogP contribution is -2.06. The van der Waals surface area contributed by atoms with Gasteiger partial charge in [0, 0.05) is 5.56 Å². The number of para-hydroxylation sites is 1. The van der Waals surface area contributed by atoms with Crippen LogP contribution in [-0.2, 0) is 6.18 Å². The number of benzene rings is 2. The highest BCUT2D eigenvalue weighted by atomic mass is 19.4. The van der Waals surface area contributed by atoms with Gasteiger partial charge >= 0.3 is 6.18 Å². The Morgan fingerprint density at radius 1 is 0.947 bits per heavy atom. The van der Waals surface area contributed by atoms with Crippen LogP contribution < -0.4 is 4.74 Å². The van der Waals surface area contributed by atoms with Gasteiger partial charge in [-0.2, -0.15) is 13.2 Å². The summed E-state index contributed by atoms with van der Waals surface area (Å²) in [4.78, 5) is 0. The first-order valence-electron chi connectivity index (χ1n) is 5.41. The van der Waals surface area contributed by atoms with Gasteiger partial charge < -0.3 is 4.74 Å². The molecule has 2 aromatic carbocycles. The van der Waals surface area contributed by atoms with Crippen LogP contribution >= 0.6 is 0 Å². The van der Waals surface area contributed by atoms with Crippen LogP contribution in [0, 0.1) is 12.3 Å². The maximum Gasteiger partial charge on any atom is 0.419 e. The largest absolute Gasteiger partial charge is 0.457 e. The number of rotatable bonds is 2. The molecule has 96 valence electrons. The van der Waals surface area contributed by atoms with Crippen molar-refractivity contribution in [1.29, 1.82) is 0 Å². The van der Waals surface area contributed by atoms with Crippen molar-refractivity contribution in [3.05, 3.63) is 59.7 Å². The first-order chi connectivity index (χ1) is 9.00. The van der Waals surface area contributed by atoms with Crippen molar-refractivity contribution in [3.8, 4) is 23.8 Å². The average Bonchev–Trinajstić information content (AvgIpc) is 2.39. The summed E-state index contributed by atoms with van der Waals surface area (Å²) in [7, 11) is 0. The highest BCUT2D eigenvalue weighted by Gasteiger charge is 2.34. The summed E-state index contributed by atoms with van der Waals surface area (Å²) in [5.74, 6) is 2.49. The number of ether oxygens (including phenoxy) is 1. The first kappa shape index (κ1) is 13.0. The quantitative estimate of drug-likeness (QED) is 0.725. The second kappa shape index (κ2) is 5.07. The smallest absolute Gasteiger partial charge is 0.419 e. The van der Waals surface area contributed by atoms with Gasteiger partial charge in [0.05, 0.1) is 5.56 Å². The molecule has 0 radical (unpaired) electrons. The fourth-order valence-electron chi connectivity index (χ4n) is 1.54. The predicted octanol–water partition coefficient (Wildman–Crippen LogP) is 4.48. The molecule has 2 aromatic rings. The number of terminal acetylenes is 1. The van der Waals surface area contributed by atoms with Gasteiger partial charge in [-0.3, -0.25) is 0 Å². The average molecular weight is 262 g/mol. The van der Waals surface area contributed by atoms with E-state index >= 15 is 0 Å². The van der Waals surface area contributed by atoms with Gasteiger partial charge in [-0.1, -0.05) is 18.1 Å². The lowest BCUT2D eigenvalue weighted by molar-refractivity contribution is -0.138. The molecule has 0 aliphatic carbocycles. The fourth-order valence-corrected chi connectivity index (χ4v) is 1.54. The number of halogens is 3. The Hall–Kier alpha value is -2.41. The highest BCUT2D eigenvalue weighted by molar-refractivity contribution is 5.42. The Balaban J connectivity index is 2.31. The summed E-state index contributed by atoms with van der Waals surface area (Å²) < 4.78 is 43.5.